The maximum absolute atomic E-state index is 10.4. The Kier molecular flexibility index (Phi) is 5.77. The van der Waals surface area contributed by atoms with Crippen LogP contribution in [0.15, 0.2) is 72.8 Å². The largest absolute Gasteiger partial charge is 0.406 e. The molecule has 0 radical (unpaired) electrons. The van der Waals surface area contributed by atoms with Crippen molar-refractivity contribution in [1.82, 2.24) is 0 Å². The number of hydrogen-bond acceptors (Lipinski definition) is 3. The number of thioether (sulfide) groups is 1. The molecule has 0 saturated carbocycles. The van der Waals surface area contributed by atoms with Crippen molar-refractivity contribution in [3.8, 4) is 0 Å². The Morgan fingerprint density at radius 3 is 1.92 bits per heavy atom. The minimum atomic E-state index is -2.52. The molecule has 1 aliphatic rings. The predicted molar refractivity (Wildman–Crippen MR) is 115 cm³/mol. The molecule has 1 fully saturated rings. The van der Waals surface area contributed by atoms with Gasteiger partial charge in [-0.2, -0.15) is 0 Å². The first kappa shape index (κ1) is 19.4. The molecule has 1 heterocycles. The lowest BCUT2D eigenvalue weighted by Gasteiger charge is -2.43. The summed E-state index contributed by atoms with van der Waals surface area (Å²) >= 11 is 1.75. The van der Waals surface area contributed by atoms with Gasteiger partial charge in [-0.3, -0.25) is 0 Å². The zero-order valence-electron chi connectivity index (χ0n) is 15.8. The average molecular weight is 385 g/mol. The maximum atomic E-state index is 10.4. The lowest BCUT2D eigenvalue weighted by atomic mass is 10.1. The van der Waals surface area contributed by atoms with Gasteiger partial charge in [0.15, 0.2) is 0 Å². The average Bonchev–Trinajstić information content (AvgIpc) is 2.95. The second-order valence-electron chi connectivity index (χ2n) is 7.93. The summed E-state index contributed by atoms with van der Waals surface area (Å²) in [7, 11) is -2.52. The van der Waals surface area contributed by atoms with Gasteiger partial charge in [0.2, 0.25) is 0 Å². The van der Waals surface area contributed by atoms with Crippen LogP contribution in [0.1, 0.15) is 20.8 Å². The SMILES string of the molecule is C=C1CS[C@H](CO[Si](c2ccccc2)(c2ccccc2)C(C)(C)C)[C@H]1O. The van der Waals surface area contributed by atoms with Crippen LogP contribution in [0.5, 0.6) is 0 Å². The van der Waals surface area contributed by atoms with E-state index in [2.05, 4.69) is 88.0 Å². The van der Waals surface area contributed by atoms with Crippen LogP contribution < -0.4 is 10.4 Å². The van der Waals surface area contributed by atoms with E-state index in [0.29, 0.717) is 6.61 Å². The van der Waals surface area contributed by atoms with Gasteiger partial charge in [0.1, 0.15) is 0 Å². The highest BCUT2D eigenvalue weighted by molar-refractivity contribution is 8.00. The summed E-state index contributed by atoms with van der Waals surface area (Å²) in [6, 6.07) is 21.3. The lowest BCUT2D eigenvalue weighted by Crippen LogP contribution is -2.67. The van der Waals surface area contributed by atoms with E-state index in [-0.39, 0.29) is 10.3 Å². The minimum absolute atomic E-state index is 0.0407. The van der Waals surface area contributed by atoms with Gasteiger partial charge in [0.05, 0.1) is 11.4 Å². The van der Waals surface area contributed by atoms with Crippen molar-refractivity contribution in [2.75, 3.05) is 12.4 Å². The van der Waals surface area contributed by atoms with Crippen molar-refractivity contribution in [1.29, 1.82) is 0 Å². The van der Waals surface area contributed by atoms with Gasteiger partial charge < -0.3 is 9.53 Å². The first-order valence-electron chi connectivity index (χ1n) is 9.08. The van der Waals surface area contributed by atoms with Gasteiger partial charge in [0, 0.05) is 12.4 Å². The van der Waals surface area contributed by atoms with Gasteiger partial charge in [-0.05, 0) is 21.0 Å². The van der Waals surface area contributed by atoms with Crippen molar-refractivity contribution >= 4 is 30.5 Å². The molecule has 2 aromatic rings. The fourth-order valence-corrected chi connectivity index (χ4v) is 9.61. The third-order valence-corrected chi connectivity index (χ3v) is 11.5. The molecule has 0 spiro atoms. The van der Waals surface area contributed by atoms with Gasteiger partial charge in [-0.25, -0.2) is 0 Å². The second-order valence-corrected chi connectivity index (χ2v) is 13.5. The van der Waals surface area contributed by atoms with E-state index in [1.54, 1.807) is 11.8 Å². The monoisotopic (exact) mass is 384 g/mol. The highest BCUT2D eigenvalue weighted by Gasteiger charge is 2.50. The van der Waals surface area contributed by atoms with E-state index in [0.717, 1.165) is 11.3 Å². The molecule has 1 aliphatic heterocycles. The highest BCUT2D eigenvalue weighted by Crippen LogP contribution is 2.38. The van der Waals surface area contributed by atoms with E-state index < -0.39 is 14.4 Å². The number of hydrogen-bond donors (Lipinski definition) is 1. The molecule has 3 rings (SSSR count). The first-order valence-corrected chi connectivity index (χ1v) is 12.0. The predicted octanol–water partition coefficient (Wildman–Crippen LogP) is 3.60. The first-order chi connectivity index (χ1) is 12.4. The zero-order chi connectivity index (χ0) is 18.8. The van der Waals surface area contributed by atoms with Crippen LogP contribution >= 0.6 is 11.8 Å². The Balaban J connectivity index is 2.04. The van der Waals surface area contributed by atoms with Crippen LogP contribution in [0.25, 0.3) is 0 Å². The van der Waals surface area contributed by atoms with Crippen LogP contribution in [0.2, 0.25) is 5.04 Å². The summed E-state index contributed by atoms with van der Waals surface area (Å²) < 4.78 is 6.89. The summed E-state index contributed by atoms with van der Waals surface area (Å²) in [6.45, 7) is 11.3. The molecule has 1 N–H and O–H groups in total. The molecular formula is C22H28O2SSi. The molecule has 2 aromatic carbocycles. The Labute approximate surface area is 162 Å². The summed E-state index contributed by atoms with van der Waals surface area (Å²) in [6.07, 6.45) is -0.474. The molecule has 0 aromatic heterocycles. The van der Waals surface area contributed by atoms with Gasteiger partial charge in [-0.15, -0.1) is 11.8 Å². The molecule has 0 aliphatic carbocycles. The van der Waals surface area contributed by atoms with Crippen molar-refractivity contribution in [2.24, 2.45) is 0 Å². The van der Waals surface area contributed by atoms with E-state index >= 15 is 0 Å². The fourth-order valence-electron chi connectivity index (χ4n) is 3.76. The van der Waals surface area contributed by atoms with Crippen LogP contribution in [0, 0.1) is 0 Å². The number of aliphatic hydroxyl groups excluding tert-OH is 1. The van der Waals surface area contributed by atoms with Crippen molar-refractivity contribution < 1.29 is 9.53 Å². The topological polar surface area (TPSA) is 29.5 Å². The van der Waals surface area contributed by atoms with Crippen molar-refractivity contribution in [3.05, 3.63) is 72.8 Å². The molecule has 4 heteroatoms. The van der Waals surface area contributed by atoms with Gasteiger partial charge in [0.25, 0.3) is 8.32 Å². The Bertz CT molecular complexity index is 700. The molecule has 1 saturated heterocycles. The quantitative estimate of drug-likeness (QED) is 0.631. The third-order valence-electron chi connectivity index (χ3n) is 5.13. The maximum Gasteiger partial charge on any atom is 0.261 e. The van der Waals surface area contributed by atoms with Crippen LogP contribution in [-0.2, 0) is 4.43 Å². The molecule has 2 atom stereocenters. The molecule has 2 nitrogen and oxygen atoms in total. The second kappa shape index (κ2) is 7.73. The molecule has 0 unspecified atom stereocenters. The standard InChI is InChI=1S/C22H28O2SSi/c1-17-16-25-20(21(17)23)15-24-26(22(2,3)4,18-11-7-5-8-12-18)19-13-9-6-10-14-19/h5-14,20-21,23H,1,15-16H2,2-4H3/t20-,21+/m1/s1. The van der Waals surface area contributed by atoms with Crippen LogP contribution in [0.3, 0.4) is 0 Å². The highest BCUT2D eigenvalue weighted by atomic mass is 32.2. The fraction of sp³-hybridized carbons (Fsp3) is 0.364. The Hall–Kier alpha value is -1.33. The van der Waals surface area contributed by atoms with E-state index in [1.165, 1.54) is 10.4 Å². The van der Waals surface area contributed by atoms with E-state index in [1.807, 2.05) is 0 Å². The third kappa shape index (κ3) is 3.56. The Morgan fingerprint density at radius 1 is 1.04 bits per heavy atom. The molecule has 26 heavy (non-hydrogen) atoms. The molecule has 0 amide bonds. The minimum Gasteiger partial charge on any atom is -0.406 e. The number of benzene rings is 2. The van der Waals surface area contributed by atoms with E-state index in [4.69, 9.17) is 4.43 Å². The molecule has 138 valence electrons. The van der Waals surface area contributed by atoms with Crippen LogP contribution in [0.4, 0.5) is 0 Å². The number of rotatable bonds is 5. The Morgan fingerprint density at radius 2 is 1.54 bits per heavy atom. The van der Waals surface area contributed by atoms with Crippen molar-refractivity contribution in [2.45, 2.75) is 37.2 Å². The number of aliphatic hydroxyl groups is 1. The van der Waals surface area contributed by atoms with Gasteiger partial charge in [-0.1, -0.05) is 88.0 Å². The zero-order valence-corrected chi connectivity index (χ0v) is 17.6. The summed E-state index contributed by atoms with van der Waals surface area (Å²) in [5.74, 6) is 0.815. The summed E-state index contributed by atoms with van der Waals surface area (Å²) in [4.78, 5) is 0. The summed E-state index contributed by atoms with van der Waals surface area (Å²) in [5, 5.41) is 13.0. The lowest BCUT2D eigenvalue weighted by molar-refractivity contribution is 0.178. The molecule has 0 bridgehead atoms. The van der Waals surface area contributed by atoms with Crippen LogP contribution in [-0.4, -0.2) is 37.1 Å². The van der Waals surface area contributed by atoms with Crippen molar-refractivity contribution in [3.63, 3.8) is 0 Å². The normalized spacial score (nSPS) is 21.2. The smallest absolute Gasteiger partial charge is 0.261 e. The summed E-state index contributed by atoms with van der Waals surface area (Å²) in [5.41, 5.74) is 0.908. The molecular weight excluding hydrogens is 356 g/mol. The van der Waals surface area contributed by atoms with Gasteiger partial charge >= 0.3 is 0 Å². The van der Waals surface area contributed by atoms with E-state index in [9.17, 15) is 5.11 Å².